The van der Waals surface area contributed by atoms with Gasteiger partial charge in [-0.1, -0.05) is 54.6 Å². The van der Waals surface area contributed by atoms with Crippen LogP contribution < -0.4 is 5.32 Å². The summed E-state index contributed by atoms with van der Waals surface area (Å²) in [6.45, 7) is 1.71. The van der Waals surface area contributed by atoms with Crippen LogP contribution in [-0.4, -0.2) is 32.9 Å². The van der Waals surface area contributed by atoms with Crippen LogP contribution in [0.3, 0.4) is 0 Å². The van der Waals surface area contributed by atoms with Crippen LogP contribution in [0, 0.1) is 0 Å². The fourth-order valence-electron chi connectivity index (χ4n) is 4.59. The van der Waals surface area contributed by atoms with Crippen molar-refractivity contribution in [3.05, 3.63) is 108 Å². The molecule has 3 aromatic carbocycles. The molecule has 0 spiro atoms. The lowest BCUT2D eigenvalue weighted by atomic mass is 9.92. The number of nitrogens with one attached hydrogen (secondary N) is 1. The van der Waals surface area contributed by atoms with Crippen molar-refractivity contribution in [2.45, 2.75) is 38.8 Å². The average Bonchev–Trinajstić information content (AvgIpc) is 3.33. The first-order chi connectivity index (χ1) is 18.4. The van der Waals surface area contributed by atoms with Crippen molar-refractivity contribution >= 4 is 28.4 Å². The Kier molecular flexibility index (Phi) is 7.26. The van der Waals surface area contributed by atoms with Crippen LogP contribution in [0.5, 0.6) is 5.75 Å². The molecule has 194 valence electrons. The van der Waals surface area contributed by atoms with Gasteiger partial charge in [-0.3, -0.25) is 14.2 Å². The number of ether oxygens (including phenoxy) is 2. The fraction of sp³-hybridized carbons (Fsp3) is 0.200. The number of nitrogens with zero attached hydrogens (tertiary/aromatic N) is 1. The summed E-state index contributed by atoms with van der Waals surface area (Å²) in [5.74, 6) is -0.907. The third kappa shape index (κ3) is 5.32. The Hall–Kier alpha value is -4.40. The summed E-state index contributed by atoms with van der Waals surface area (Å²) in [5, 5.41) is 23.0. The van der Waals surface area contributed by atoms with E-state index < -0.39 is 12.2 Å². The molecule has 0 radical (unpaired) electrons. The molecule has 0 bridgehead atoms. The Morgan fingerprint density at radius 2 is 1.74 bits per heavy atom. The van der Waals surface area contributed by atoms with Gasteiger partial charge in [-0.05, 0) is 41.0 Å². The summed E-state index contributed by atoms with van der Waals surface area (Å²) >= 11 is 0. The smallest absolute Gasteiger partial charge is 0.290 e. The molecule has 4 aromatic rings. The number of hydrogen-bond acceptors (Lipinski definition) is 6. The van der Waals surface area contributed by atoms with Crippen molar-refractivity contribution in [2.24, 2.45) is 0 Å². The highest BCUT2D eigenvalue weighted by atomic mass is 16.7. The highest BCUT2D eigenvalue weighted by Crippen LogP contribution is 2.37. The van der Waals surface area contributed by atoms with Crippen LogP contribution in [-0.2, 0) is 27.5 Å². The molecule has 38 heavy (non-hydrogen) atoms. The molecule has 5 rings (SSSR count). The minimum Gasteiger partial charge on any atom is -0.506 e. The molecule has 8 heteroatoms. The Morgan fingerprint density at radius 1 is 1.03 bits per heavy atom. The van der Waals surface area contributed by atoms with Crippen molar-refractivity contribution < 1.29 is 29.3 Å². The third-order valence-electron chi connectivity index (χ3n) is 6.56. The second-order valence-electron chi connectivity index (χ2n) is 9.17. The summed E-state index contributed by atoms with van der Waals surface area (Å²) in [4.78, 5) is 25.5. The molecule has 1 aliphatic rings. The van der Waals surface area contributed by atoms with Crippen LogP contribution in [0.15, 0.2) is 90.8 Å². The van der Waals surface area contributed by atoms with E-state index in [2.05, 4.69) is 5.32 Å². The van der Waals surface area contributed by atoms with E-state index in [0.29, 0.717) is 6.42 Å². The minimum atomic E-state index is -0.743. The molecular formula is C30H28N2O6. The molecule has 1 aliphatic heterocycles. The van der Waals surface area contributed by atoms with Gasteiger partial charge < -0.3 is 25.0 Å². The van der Waals surface area contributed by atoms with Gasteiger partial charge in [-0.15, -0.1) is 0 Å². The average molecular weight is 513 g/mol. The Morgan fingerprint density at radius 3 is 2.47 bits per heavy atom. The zero-order valence-electron chi connectivity index (χ0n) is 20.8. The number of benzene rings is 3. The van der Waals surface area contributed by atoms with Crippen molar-refractivity contribution in [3.8, 4) is 5.75 Å². The number of rotatable bonds is 7. The topological polar surface area (TPSA) is 110 Å². The summed E-state index contributed by atoms with van der Waals surface area (Å²) in [6, 6.07) is 21.5. The first-order valence-corrected chi connectivity index (χ1v) is 12.3. The molecule has 1 amide bonds. The number of carbonyl (C=O) groups excluding carboxylic acids is 2. The van der Waals surface area contributed by atoms with E-state index in [-0.39, 0.29) is 42.2 Å². The lowest BCUT2D eigenvalue weighted by Gasteiger charge is -2.29. The Labute approximate surface area is 219 Å². The third-order valence-corrected chi connectivity index (χ3v) is 6.56. The summed E-state index contributed by atoms with van der Waals surface area (Å²) < 4.78 is 13.7. The number of aromatic nitrogens is 1. The molecule has 2 unspecified atom stereocenters. The minimum absolute atomic E-state index is 0.0390. The number of phenolic OH excluding ortho intramolecular Hbond substituents is 1. The number of allylic oxidation sites excluding steroid dienone is 1. The molecule has 1 aromatic heterocycles. The van der Waals surface area contributed by atoms with E-state index in [4.69, 9.17) is 9.47 Å². The van der Waals surface area contributed by atoms with Gasteiger partial charge in [0.05, 0.1) is 24.4 Å². The molecule has 2 heterocycles. The first-order valence-electron chi connectivity index (χ1n) is 12.3. The predicted octanol–water partition coefficient (Wildman–Crippen LogP) is 5.07. The monoisotopic (exact) mass is 512 g/mol. The number of hydrogen-bond donors (Lipinski definition) is 3. The Bertz CT molecular complexity index is 1500. The van der Waals surface area contributed by atoms with Gasteiger partial charge in [-0.25, -0.2) is 0 Å². The fourth-order valence-corrected chi connectivity index (χ4v) is 4.59. The predicted molar refractivity (Wildman–Crippen MR) is 142 cm³/mol. The zero-order chi connectivity index (χ0) is 26.6. The summed E-state index contributed by atoms with van der Waals surface area (Å²) in [7, 11) is 0. The highest BCUT2D eigenvalue weighted by Gasteiger charge is 2.31. The lowest BCUT2D eigenvalue weighted by Crippen LogP contribution is -2.29. The number of fused-ring (bicyclic) bond motifs is 1. The Balaban J connectivity index is 1.45. The highest BCUT2D eigenvalue weighted by molar-refractivity contribution is 6.03. The second kappa shape index (κ2) is 10.9. The molecule has 0 fully saturated rings. The second-order valence-corrected chi connectivity index (χ2v) is 9.17. The van der Waals surface area contributed by atoms with Gasteiger partial charge in [0.25, 0.3) is 5.91 Å². The normalized spacial score (nSPS) is 17.1. The van der Waals surface area contributed by atoms with E-state index in [1.165, 1.54) is 13.0 Å². The van der Waals surface area contributed by atoms with Crippen molar-refractivity contribution in [2.75, 3.05) is 5.32 Å². The zero-order valence-corrected chi connectivity index (χ0v) is 20.8. The van der Waals surface area contributed by atoms with Gasteiger partial charge in [0.15, 0.2) is 5.76 Å². The number of amides is 1. The van der Waals surface area contributed by atoms with E-state index >= 15 is 0 Å². The van der Waals surface area contributed by atoms with Gasteiger partial charge >= 0.3 is 0 Å². The van der Waals surface area contributed by atoms with Gasteiger partial charge in [0.1, 0.15) is 5.75 Å². The SMILES string of the molecule is CC(=O)n1cc(C2C=C(C(=O)Nc3ccccc3O)OC(OCc3ccc(CO)cc3)C2)c2ccccc21. The number of anilines is 1. The number of carbonyl (C=O) groups is 2. The summed E-state index contributed by atoms with van der Waals surface area (Å²) in [6.07, 6.45) is 3.22. The van der Waals surface area contributed by atoms with E-state index in [9.17, 15) is 19.8 Å². The van der Waals surface area contributed by atoms with Crippen LogP contribution in [0.4, 0.5) is 5.69 Å². The molecule has 0 saturated heterocycles. The standard InChI is InChI=1S/C30H28N2O6/c1-19(34)32-16-24(23-6-2-4-8-26(23)32)22-14-28(30(36)31-25-7-3-5-9-27(25)35)38-29(15-22)37-18-21-12-10-20(17-33)11-13-21/h2-14,16,22,29,33,35H,15,17-18H2,1H3,(H,31,36). The van der Waals surface area contributed by atoms with Crippen LogP contribution in [0.25, 0.3) is 10.9 Å². The molecular weight excluding hydrogens is 484 g/mol. The largest absolute Gasteiger partial charge is 0.506 e. The van der Waals surface area contributed by atoms with E-state index in [1.54, 1.807) is 28.8 Å². The van der Waals surface area contributed by atoms with Crippen LogP contribution >= 0.6 is 0 Å². The summed E-state index contributed by atoms with van der Waals surface area (Å²) in [5.41, 5.74) is 3.63. The molecule has 0 saturated carbocycles. The first kappa shape index (κ1) is 25.3. The van der Waals surface area contributed by atoms with E-state index in [1.807, 2.05) is 54.7 Å². The van der Waals surface area contributed by atoms with Crippen LogP contribution in [0.2, 0.25) is 0 Å². The van der Waals surface area contributed by atoms with Crippen LogP contribution in [0.1, 0.15) is 40.7 Å². The molecule has 2 atom stereocenters. The van der Waals surface area contributed by atoms with Crippen molar-refractivity contribution in [1.82, 2.24) is 4.57 Å². The van der Waals surface area contributed by atoms with Gasteiger partial charge in [-0.2, -0.15) is 0 Å². The maximum absolute atomic E-state index is 13.2. The maximum Gasteiger partial charge on any atom is 0.290 e. The molecule has 8 nitrogen and oxygen atoms in total. The van der Waals surface area contributed by atoms with Gasteiger partial charge in [0.2, 0.25) is 12.2 Å². The number of aliphatic hydroxyl groups is 1. The van der Waals surface area contributed by atoms with Crippen molar-refractivity contribution in [1.29, 1.82) is 0 Å². The van der Waals surface area contributed by atoms with E-state index in [0.717, 1.165) is 27.6 Å². The number of aromatic hydroxyl groups is 1. The van der Waals surface area contributed by atoms with Crippen molar-refractivity contribution in [3.63, 3.8) is 0 Å². The number of phenols is 1. The number of para-hydroxylation sites is 3. The quantitative estimate of drug-likeness (QED) is 0.298. The van der Waals surface area contributed by atoms with Gasteiger partial charge in [0, 0.05) is 30.8 Å². The maximum atomic E-state index is 13.2. The molecule has 0 aliphatic carbocycles. The molecule has 3 N–H and O–H groups in total. The number of aliphatic hydroxyl groups excluding tert-OH is 1. The lowest BCUT2D eigenvalue weighted by molar-refractivity contribution is -0.147.